The smallest absolute Gasteiger partial charge is 0.308 e. The maximum absolute atomic E-state index is 12.5. The first-order valence-corrected chi connectivity index (χ1v) is 7.42. The number of carbonyl (C=O) groups excluding carboxylic acids is 3. The second-order valence-electron chi connectivity index (χ2n) is 4.55. The number of hydrogen-bond donors (Lipinski definition) is 1. The number of hydrogen-bond acceptors (Lipinski definition) is 7. The molecule has 1 heterocycles. The van der Waals surface area contributed by atoms with Crippen molar-refractivity contribution in [3.05, 3.63) is 34.8 Å². The molecule has 1 amide bonds. The first-order valence-electron chi connectivity index (χ1n) is 6.60. The van der Waals surface area contributed by atoms with Crippen LogP contribution >= 0.6 is 11.3 Å². The van der Waals surface area contributed by atoms with Crippen LogP contribution in [0.5, 0.6) is 11.5 Å². The topological polar surface area (TPSA) is 94.6 Å². The summed E-state index contributed by atoms with van der Waals surface area (Å²) in [6.45, 7) is 4.28. The molecule has 2 rings (SSSR count). The molecule has 120 valence electrons. The fraction of sp³-hybridized carbons (Fsp3) is 0.200. The van der Waals surface area contributed by atoms with Crippen LogP contribution in [0.1, 0.15) is 29.1 Å². The second kappa shape index (κ2) is 7.01. The van der Waals surface area contributed by atoms with Crippen molar-refractivity contribution in [2.24, 2.45) is 0 Å². The fourth-order valence-electron chi connectivity index (χ4n) is 1.79. The second-order valence-corrected chi connectivity index (χ2v) is 5.78. The molecule has 0 atom stereocenters. The number of rotatable bonds is 4. The molecule has 0 radical (unpaired) electrons. The van der Waals surface area contributed by atoms with Gasteiger partial charge in [0.15, 0.2) is 5.13 Å². The van der Waals surface area contributed by atoms with Gasteiger partial charge >= 0.3 is 11.9 Å². The van der Waals surface area contributed by atoms with Crippen LogP contribution < -0.4 is 14.8 Å². The van der Waals surface area contributed by atoms with Gasteiger partial charge in [-0.1, -0.05) is 6.07 Å². The van der Waals surface area contributed by atoms with E-state index < -0.39 is 17.8 Å². The molecule has 0 saturated carbocycles. The van der Waals surface area contributed by atoms with E-state index in [9.17, 15) is 14.4 Å². The first kappa shape index (κ1) is 16.6. The van der Waals surface area contributed by atoms with Gasteiger partial charge in [0.25, 0.3) is 5.91 Å². The summed E-state index contributed by atoms with van der Waals surface area (Å²) in [5, 5.41) is 2.98. The SMILES string of the molecule is CC(=O)Oc1cccc(OC(C)=O)c1C(=O)Nc1ncc(C)s1. The Labute approximate surface area is 136 Å². The van der Waals surface area contributed by atoms with Gasteiger partial charge in [-0.2, -0.15) is 0 Å². The van der Waals surface area contributed by atoms with Crippen molar-refractivity contribution < 1.29 is 23.9 Å². The molecule has 7 nitrogen and oxygen atoms in total. The molecule has 1 aromatic heterocycles. The summed E-state index contributed by atoms with van der Waals surface area (Å²) >= 11 is 1.29. The van der Waals surface area contributed by atoms with Gasteiger partial charge in [-0.05, 0) is 19.1 Å². The number of carbonyl (C=O) groups is 3. The molecule has 0 aliphatic carbocycles. The Balaban J connectivity index is 2.40. The molecule has 0 spiro atoms. The fourth-order valence-corrected chi connectivity index (χ4v) is 2.45. The Hall–Kier alpha value is -2.74. The highest BCUT2D eigenvalue weighted by atomic mass is 32.1. The lowest BCUT2D eigenvalue weighted by atomic mass is 10.1. The Morgan fingerprint density at radius 2 is 1.65 bits per heavy atom. The van der Waals surface area contributed by atoms with E-state index in [1.807, 2.05) is 6.92 Å². The van der Waals surface area contributed by atoms with Crippen molar-refractivity contribution in [3.8, 4) is 11.5 Å². The Morgan fingerprint density at radius 3 is 2.09 bits per heavy atom. The van der Waals surface area contributed by atoms with Gasteiger partial charge < -0.3 is 9.47 Å². The Kier molecular flexibility index (Phi) is 5.07. The highest BCUT2D eigenvalue weighted by molar-refractivity contribution is 7.15. The third-order valence-electron chi connectivity index (χ3n) is 2.56. The zero-order valence-electron chi connectivity index (χ0n) is 12.7. The van der Waals surface area contributed by atoms with Crippen LogP contribution in [-0.2, 0) is 9.59 Å². The summed E-state index contributed by atoms with van der Waals surface area (Å²) in [6.07, 6.45) is 1.62. The molecule has 0 fully saturated rings. The number of nitrogens with zero attached hydrogens (tertiary/aromatic N) is 1. The van der Waals surface area contributed by atoms with Gasteiger partial charge in [-0.25, -0.2) is 4.98 Å². The average molecular weight is 334 g/mol. The van der Waals surface area contributed by atoms with Gasteiger partial charge in [0.2, 0.25) is 0 Å². The van der Waals surface area contributed by atoms with Crippen molar-refractivity contribution in [3.63, 3.8) is 0 Å². The third-order valence-corrected chi connectivity index (χ3v) is 3.39. The van der Waals surface area contributed by atoms with E-state index in [0.717, 1.165) is 4.88 Å². The molecule has 0 aliphatic rings. The van der Waals surface area contributed by atoms with Gasteiger partial charge in [-0.15, -0.1) is 11.3 Å². The molecular weight excluding hydrogens is 320 g/mol. The van der Waals surface area contributed by atoms with E-state index in [4.69, 9.17) is 9.47 Å². The van der Waals surface area contributed by atoms with Crippen LogP contribution in [0.4, 0.5) is 5.13 Å². The molecule has 2 aromatic rings. The summed E-state index contributed by atoms with van der Waals surface area (Å²) in [5.74, 6) is -1.77. The predicted octanol–water partition coefficient (Wildman–Crippen LogP) is 2.55. The van der Waals surface area contributed by atoms with Crippen molar-refractivity contribution in [1.82, 2.24) is 4.98 Å². The van der Waals surface area contributed by atoms with E-state index >= 15 is 0 Å². The van der Waals surface area contributed by atoms with E-state index in [1.165, 1.54) is 43.4 Å². The minimum absolute atomic E-state index is 0.00188. The number of esters is 2. The standard InChI is InChI=1S/C15H14N2O5S/c1-8-7-16-15(23-8)17-14(20)13-11(21-9(2)18)5-4-6-12(13)22-10(3)19/h4-7H,1-3H3,(H,16,17,20). The number of thiazole rings is 1. The zero-order valence-corrected chi connectivity index (χ0v) is 13.5. The summed E-state index contributed by atoms with van der Waals surface area (Å²) < 4.78 is 10.0. The maximum Gasteiger partial charge on any atom is 0.308 e. The summed E-state index contributed by atoms with van der Waals surface area (Å²) in [7, 11) is 0. The maximum atomic E-state index is 12.5. The highest BCUT2D eigenvalue weighted by Gasteiger charge is 2.22. The van der Waals surface area contributed by atoms with E-state index in [1.54, 1.807) is 6.20 Å². The van der Waals surface area contributed by atoms with Crippen LogP contribution in [0.25, 0.3) is 0 Å². The van der Waals surface area contributed by atoms with Crippen molar-refractivity contribution >= 4 is 34.3 Å². The van der Waals surface area contributed by atoms with Crippen LogP contribution in [0.2, 0.25) is 0 Å². The average Bonchev–Trinajstić information content (AvgIpc) is 2.82. The van der Waals surface area contributed by atoms with Crippen LogP contribution in [0, 0.1) is 6.92 Å². The minimum atomic E-state index is -0.593. The summed E-state index contributed by atoms with van der Waals surface area (Å²) in [5.41, 5.74) is -0.0502. The van der Waals surface area contributed by atoms with E-state index in [0.29, 0.717) is 5.13 Å². The lowest BCUT2D eigenvalue weighted by molar-refractivity contribution is -0.132. The van der Waals surface area contributed by atoms with Crippen LogP contribution in [0.3, 0.4) is 0 Å². The largest absolute Gasteiger partial charge is 0.426 e. The van der Waals surface area contributed by atoms with Gasteiger partial charge in [0.05, 0.1) is 0 Å². The normalized spacial score (nSPS) is 10.0. The van der Waals surface area contributed by atoms with E-state index in [2.05, 4.69) is 10.3 Å². The lowest BCUT2D eigenvalue weighted by Gasteiger charge is -2.12. The number of aromatic nitrogens is 1. The molecule has 1 aromatic carbocycles. The summed E-state index contributed by atoms with van der Waals surface area (Å²) in [6, 6.07) is 4.40. The monoisotopic (exact) mass is 334 g/mol. The molecule has 0 bridgehead atoms. The van der Waals surface area contributed by atoms with Crippen molar-refractivity contribution in [1.29, 1.82) is 0 Å². The molecule has 1 N–H and O–H groups in total. The minimum Gasteiger partial charge on any atom is -0.426 e. The molecule has 0 unspecified atom stereocenters. The summed E-state index contributed by atoms with van der Waals surface area (Å²) in [4.78, 5) is 39.9. The third kappa shape index (κ3) is 4.36. The number of benzene rings is 1. The number of ether oxygens (including phenoxy) is 2. The Bertz CT molecular complexity index is 735. The first-order chi connectivity index (χ1) is 10.9. The number of amides is 1. The predicted molar refractivity (Wildman–Crippen MR) is 83.9 cm³/mol. The molecule has 8 heteroatoms. The van der Waals surface area contributed by atoms with Gasteiger partial charge in [0, 0.05) is 24.9 Å². The zero-order chi connectivity index (χ0) is 17.0. The number of aryl methyl sites for hydroxylation is 1. The number of anilines is 1. The van der Waals surface area contributed by atoms with Crippen LogP contribution in [-0.4, -0.2) is 22.8 Å². The molecule has 0 aliphatic heterocycles. The highest BCUT2D eigenvalue weighted by Crippen LogP contribution is 2.30. The number of nitrogens with one attached hydrogen (secondary N) is 1. The van der Waals surface area contributed by atoms with Crippen molar-refractivity contribution in [2.75, 3.05) is 5.32 Å². The molecule has 23 heavy (non-hydrogen) atoms. The van der Waals surface area contributed by atoms with E-state index in [-0.39, 0.29) is 17.1 Å². The molecular formula is C15H14N2O5S. The van der Waals surface area contributed by atoms with Crippen molar-refractivity contribution in [2.45, 2.75) is 20.8 Å². The quantitative estimate of drug-likeness (QED) is 0.682. The molecule has 0 saturated heterocycles. The lowest BCUT2D eigenvalue weighted by Crippen LogP contribution is -2.17. The van der Waals surface area contributed by atoms with Gasteiger partial charge in [-0.3, -0.25) is 19.7 Å². The van der Waals surface area contributed by atoms with Gasteiger partial charge in [0.1, 0.15) is 17.1 Å². The Morgan fingerprint density at radius 1 is 1.09 bits per heavy atom. The van der Waals surface area contributed by atoms with Crippen LogP contribution in [0.15, 0.2) is 24.4 Å².